The van der Waals surface area contributed by atoms with Gasteiger partial charge in [-0.3, -0.25) is 4.79 Å². The Bertz CT molecular complexity index is 825. The number of aryl methyl sites for hydroxylation is 1. The van der Waals surface area contributed by atoms with Crippen molar-refractivity contribution >= 4 is 29.1 Å². The van der Waals surface area contributed by atoms with E-state index in [0.29, 0.717) is 29.1 Å². The van der Waals surface area contributed by atoms with Crippen molar-refractivity contribution in [2.24, 2.45) is 0 Å². The molecule has 0 spiro atoms. The van der Waals surface area contributed by atoms with E-state index in [4.69, 9.17) is 4.74 Å². The SMILES string of the molecule is CCOC(=O)c1cnc2c(c1)C(=CNc1ccnn1CC)C(=O)N2. The summed E-state index contributed by atoms with van der Waals surface area (Å²) in [5.41, 5.74) is 1.25. The number of nitrogens with one attached hydrogen (secondary N) is 2. The number of carbonyl (C=O) groups excluding carboxylic acids is 2. The number of nitrogens with zero attached hydrogens (tertiary/aromatic N) is 3. The molecule has 2 aromatic rings. The van der Waals surface area contributed by atoms with Crippen LogP contribution >= 0.6 is 0 Å². The van der Waals surface area contributed by atoms with E-state index in [0.717, 1.165) is 5.82 Å². The third-order valence-electron chi connectivity index (χ3n) is 3.55. The third-order valence-corrected chi connectivity index (χ3v) is 3.55. The average Bonchev–Trinajstić information content (AvgIpc) is 3.15. The highest BCUT2D eigenvalue weighted by atomic mass is 16.5. The van der Waals surface area contributed by atoms with Crippen LogP contribution in [-0.4, -0.2) is 33.2 Å². The van der Waals surface area contributed by atoms with Gasteiger partial charge in [-0.15, -0.1) is 0 Å². The van der Waals surface area contributed by atoms with E-state index >= 15 is 0 Å². The van der Waals surface area contributed by atoms with Crippen LogP contribution in [-0.2, 0) is 16.1 Å². The molecule has 8 nitrogen and oxygen atoms in total. The van der Waals surface area contributed by atoms with Gasteiger partial charge in [-0.1, -0.05) is 0 Å². The third kappa shape index (κ3) is 2.85. The van der Waals surface area contributed by atoms with Gasteiger partial charge in [-0.25, -0.2) is 14.5 Å². The maximum absolute atomic E-state index is 12.2. The van der Waals surface area contributed by atoms with Gasteiger partial charge in [0, 0.05) is 30.6 Å². The maximum atomic E-state index is 12.2. The fraction of sp³-hybridized carbons (Fsp3) is 0.250. The number of esters is 1. The molecular weight excluding hydrogens is 310 g/mol. The molecule has 24 heavy (non-hydrogen) atoms. The first-order valence-electron chi connectivity index (χ1n) is 7.61. The van der Waals surface area contributed by atoms with Gasteiger partial charge >= 0.3 is 5.97 Å². The minimum Gasteiger partial charge on any atom is -0.462 e. The molecule has 0 saturated heterocycles. The quantitative estimate of drug-likeness (QED) is 0.643. The predicted octanol–water partition coefficient (Wildman–Crippen LogP) is 1.88. The standard InChI is InChI=1S/C16H17N5O3/c1-3-21-13(5-6-19-21)17-9-12-11-7-10(16(23)24-4-2)8-18-14(11)20-15(12)22/h5-9,17H,3-4H2,1-2H3,(H,18,20,22). The lowest BCUT2D eigenvalue weighted by molar-refractivity contribution is -0.110. The van der Waals surface area contributed by atoms with Gasteiger partial charge in [0.1, 0.15) is 11.6 Å². The summed E-state index contributed by atoms with van der Waals surface area (Å²) in [6.45, 7) is 4.68. The van der Waals surface area contributed by atoms with Gasteiger partial charge in [-0.2, -0.15) is 5.10 Å². The first-order valence-corrected chi connectivity index (χ1v) is 7.61. The highest BCUT2D eigenvalue weighted by Crippen LogP contribution is 2.30. The van der Waals surface area contributed by atoms with E-state index in [-0.39, 0.29) is 12.5 Å². The Morgan fingerprint density at radius 1 is 1.46 bits per heavy atom. The largest absolute Gasteiger partial charge is 0.462 e. The zero-order valence-electron chi connectivity index (χ0n) is 13.4. The minimum atomic E-state index is -0.469. The van der Waals surface area contributed by atoms with Gasteiger partial charge in [0.2, 0.25) is 0 Å². The number of fused-ring (bicyclic) bond motifs is 1. The summed E-state index contributed by atoms with van der Waals surface area (Å²) < 4.78 is 6.73. The smallest absolute Gasteiger partial charge is 0.339 e. The van der Waals surface area contributed by atoms with E-state index in [2.05, 4.69) is 20.7 Å². The van der Waals surface area contributed by atoms with Crippen LogP contribution in [0.25, 0.3) is 5.57 Å². The molecule has 0 aliphatic carbocycles. The van der Waals surface area contributed by atoms with Crippen molar-refractivity contribution in [3.63, 3.8) is 0 Å². The first kappa shape index (κ1) is 15.7. The molecule has 0 radical (unpaired) electrons. The van der Waals surface area contributed by atoms with Crippen molar-refractivity contribution in [3.05, 3.63) is 41.9 Å². The summed E-state index contributed by atoms with van der Waals surface area (Å²) in [6, 6.07) is 3.41. The lowest BCUT2D eigenvalue weighted by atomic mass is 10.1. The molecule has 0 unspecified atom stereocenters. The Labute approximate surface area is 138 Å². The van der Waals surface area contributed by atoms with Crippen LogP contribution < -0.4 is 10.6 Å². The fourth-order valence-electron chi connectivity index (χ4n) is 2.39. The molecule has 3 heterocycles. The molecule has 2 N–H and O–H groups in total. The van der Waals surface area contributed by atoms with Crippen molar-refractivity contribution in [1.82, 2.24) is 14.8 Å². The Kier molecular flexibility index (Phi) is 4.28. The molecule has 1 aliphatic heterocycles. The van der Waals surface area contributed by atoms with Crippen LogP contribution in [0.15, 0.2) is 30.7 Å². The molecule has 0 fully saturated rings. The molecule has 3 rings (SSSR count). The van der Waals surface area contributed by atoms with Crippen LogP contribution in [0.3, 0.4) is 0 Å². The molecule has 8 heteroatoms. The van der Waals surface area contributed by atoms with E-state index < -0.39 is 5.97 Å². The van der Waals surface area contributed by atoms with Gasteiger partial charge < -0.3 is 15.4 Å². The normalized spacial score (nSPS) is 14.4. The van der Waals surface area contributed by atoms with Gasteiger partial charge in [0.05, 0.1) is 23.9 Å². The zero-order chi connectivity index (χ0) is 17.1. The van der Waals surface area contributed by atoms with Crippen LogP contribution in [0, 0.1) is 0 Å². The summed E-state index contributed by atoms with van der Waals surface area (Å²) >= 11 is 0. The summed E-state index contributed by atoms with van der Waals surface area (Å²) in [5, 5.41) is 9.89. The fourth-order valence-corrected chi connectivity index (χ4v) is 2.39. The summed E-state index contributed by atoms with van der Waals surface area (Å²) in [5.74, 6) is 0.433. The summed E-state index contributed by atoms with van der Waals surface area (Å²) in [7, 11) is 0. The van der Waals surface area contributed by atoms with Crippen molar-refractivity contribution in [3.8, 4) is 0 Å². The predicted molar refractivity (Wildman–Crippen MR) is 88.3 cm³/mol. The molecule has 0 aromatic carbocycles. The Balaban J connectivity index is 1.91. The number of amides is 1. The number of rotatable bonds is 5. The monoisotopic (exact) mass is 327 g/mol. The second-order valence-electron chi connectivity index (χ2n) is 5.03. The summed E-state index contributed by atoms with van der Waals surface area (Å²) in [6.07, 6.45) is 4.65. The number of hydrogen-bond donors (Lipinski definition) is 2. The Morgan fingerprint density at radius 3 is 3.04 bits per heavy atom. The number of aromatic nitrogens is 3. The zero-order valence-corrected chi connectivity index (χ0v) is 13.4. The number of pyridine rings is 1. The maximum Gasteiger partial charge on any atom is 0.339 e. The van der Waals surface area contributed by atoms with Gasteiger partial charge in [0.25, 0.3) is 5.91 Å². The van der Waals surface area contributed by atoms with Crippen molar-refractivity contribution in [1.29, 1.82) is 0 Å². The first-order chi connectivity index (χ1) is 11.6. The minimum absolute atomic E-state index is 0.276. The van der Waals surface area contributed by atoms with Crippen LogP contribution in [0.5, 0.6) is 0 Å². The van der Waals surface area contributed by atoms with Crippen molar-refractivity contribution in [2.75, 3.05) is 17.2 Å². The van der Waals surface area contributed by atoms with Gasteiger partial charge in [0.15, 0.2) is 0 Å². The number of ether oxygens (including phenoxy) is 1. The number of carbonyl (C=O) groups is 2. The van der Waals surface area contributed by atoms with E-state index in [1.54, 1.807) is 30.1 Å². The second kappa shape index (κ2) is 6.53. The Hall–Kier alpha value is -3.16. The van der Waals surface area contributed by atoms with E-state index in [1.165, 1.54) is 6.20 Å². The molecule has 0 saturated carbocycles. The van der Waals surface area contributed by atoms with Crippen LogP contribution in [0.4, 0.5) is 11.6 Å². The molecule has 1 amide bonds. The highest BCUT2D eigenvalue weighted by molar-refractivity contribution is 6.31. The lowest BCUT2D eigenvalue weighted by Crippen LogP contribution is -2.07. The topological polar surface area (TPSA) is 98.1 Å². The molecule has 2 aromatic heterocycles. The Morgan fingerprint density at radius 2 is 2.29 bits per heavy atom. The van der Waals surface area contributed by atoms with E-state index in [9.17, 15) is 9.59 Å². The average molecular weight is 327 g/mol. The van der Waals surface area contributed by atoms with Crippen molar-refractivity contribution < 1.29 is 14.3 Å². The second-order valence-corrected chi connectivity index (χ2v) is 5.03. The lowest BCUT2D eigenvalue weighted by Gasteiger charge is -2.05. The van der Waals surface area contributed by atoms with Crippen LogP contribution in [0.1, 0.15) is 29.8 Å². The molecule has 124 valence electrons. The van der Waals surface area contributed by atoms with Crippen molar-refractivity contribution in [2.45, 2.75) is 20.4 Å². The van der Waals surface area contributed by atoms with Crippen LogP contribution in [0.2, 0.25) is 0 Å². The molecule has 0 atom stereocenters. The number of anilines is 2. The van der Waals surface area contributed by atoms with E-state index in [1.807, 2.05) is 13.0 Å². The molecule has 1 aliphatic rings. The highest BCUT2D eigenvalue weighted by Gasteiger charge is 2.27. The summed E-state index contributed by atoms with van der Waals surface area (Å²) in [4.78, 5) is 28.1. The molecule has 0 bridgehead atoms. The molecular formula is C16H17N5O3. The number of hydrogen-bond acceptors (Lipinski definition) is 6. The van der Waals surface area contributed by atoms with Gasteiger partial charge in [-0.05, 0) is 19.9 Å².